The van der Waals surface area contributed by atoms with Crippen LogP contribution in [0.3, 0.4) is 0 Å². The maximum absolute atomic E-state index is 11.9. The first-order chi connectivity index (χ1) is 11.8. The van der Waals surface area contributed by atoms with Crippen molar-refractivity contribution in [3.8, 4) is 11.5 Å². The summed E-state index contributed by atoms with van der Waals surface area (Å²) in [7, 11) is 0. The molecule has 122 valence electrons. The molecule has 6 heteroatoms. The molecule has 0 saturated heterocycles. The molecule has 24 heavy (non-hydrogen) atoms. The number of benzene rings is 2. The molecule has 0 bridgehead atoms. The Bertz CT molecular complexity index is 772. The first-order valence-electron chi connectivity index (χ1n) is 7.79. The molecule has 0 aliphatic rings. The van der Waals surface area contributed by atoms with Gasteiger partial charge in [-0.15, -0.1) is 0 Å². The van der Waals surface area contributed by atoms with Crippen molar-refractivity contribution in [1.82, 2.24) is 15.5 Å². The van der Waals surface area contributed by atoms with Gasteiger partial charge in [0.25, 0.3) is 17.7 Å². The zero-order valence-corrected chi connectivity index (χ0v) is 13.1. The second-order valence-corrected chi connectivity index (χ2v) is 5.19. The Hall–Kier alpha value is -3.15. The van der Waals surface area contributed by atoms with Crippen LogP contribution in [0.5, 0.6) is 0 Å². The number of hydrogen-bond acceptors (Lipinski definition) is 5. The lowest BCUT2D eigenvalue weighted by Crippen LogP contribution is -2.25. The van der Waals surface area contributed by atoms with E-state index in [-0.39, 0.29) is 5.91 Å². The van der Waals surface area contributed by atoms with Gasteiger partial charge in [0.05, 0.1) is 0 Å². The fourth-order valence-electron chi connectivity index (χ4n) is 2.18. The maximum atomic E-state index is 11.9. The molecule has 0 aliphatic carbocycles. The van der Waals surface area contributed by atoms with Crippen LogP contribution < -0.4 is 10.6 Å². The van der Waals surface area contributed by atoms with E-state index >= 15 is 0 Å². The van der Waals surface area contributed by atoms with Crippen LogP contribution in [-0.4, -0.2) is 29.1 Å². The number of nitrogens with zero attached hydrogens (tertiary/aromatic N) is 2. The lowest BCUT2D eigenvalue weighted by molar-refractivity contribution is 0.0953. The van der Waals surface area contributed by atoms with Crippen LogP contribution in [-0.2, 0) is 0 Å². The summed E-state index contributed by atoms with van der Waals surface area (Å²) in [4.78, 5) is 16.2. The predicted molar refractivity (Wildman–Crippen MR) is 91.6 cm³/mol. The van der Waals surface area contributed by atoms with Gasteiger partial charge in [0.15, 0.2) is 0 Å². The number of rotatable bonds is 7. The number of anilines is 1. The van der Waals surface area contributed by atoms with Crippen molar-refractivity contribution in [2.45, 2.75) is 6.42 Å². The molecule has 2 N–H and O–H groups in total. The summed E-state index contributed by atoms with van der Waals surface area (Å²) in [6.45, 7) is 1.22. The van der Waals surface area contributed by atoms with Gasteiger partial charge in [-0.05, 0) is 35.8 Å². The van der Waals surface area contributed by atoms with Gasteiger partial charge in [0, 0.05) is 24.2 Å². The Morgan fingerprint density at radius 3 is 2.42 bits per heavy atom. The van der Waals surface area contributed by atoms with E-state index in [1.54, 1.807) is 12.1 Å². The maximum Gasteiger partial charge on any atom is 0.263 e. The molecule has 3 aromatic rings. The Labute approximate surface area is 139 Å². The summed E-state index contributed by atoms with van der Waals surface area (Å²) in [6, 6.07) is 18.7. The zero-order valence-electron chi connectivity index (χ0n) is 13.1. The number of carbonyl (C=O) groups is 1. The molecule has 0 unspecified atom stereocenters. The molecule has 1 heterocycles. The summed E-state index contributed by atoms with van der Waals surface area (Å²) in [6.07, 6.45) is 0.758. The minimum Gasteiger partial charge on any atom is -0.352 e. The Morgan fingerprint density at radius 2 is 1.67 bits per heavy atom. The Morgan fingerprint density at radius 1 is 0.958 bits per heavy atom. The van der Waals surface area contributed by atoms with Crippen LogP contribution in [0.1, 0.15) is 16.8 Å². The summed E-state index contributed by atoms with van der Waals surface area (Å²) >= 11 is 0. The Kier molecular flexibility index (Phi) is 5.19. The van der Waals surface area contributed by atoms with E-state index in [2.05, 4.69) is 20.8 Å². The first-order valence-corrected chi connectivity index (χ1v) is 7.79. The highest BCUT2D eigenvalue weighted by atomic mass is 16.5. The van der Waals surface area contributed by atoms with Gasteiger partial charge >= 0.3 is 0 Å². The molecule has 0 fully saturated rings. The van der Waals surface area contributed by atoms with Crippen molar-refractivity contribution >= 4 is 11.9 Å². The molecule has 1 aromatic heterocycles. The minimum atomic E-state index is -0.0680. The number of carbonyl (C=O) groups excluding carboxylic acids is 1. The summed E-state index contributed by atoms with van der Waals surface area (Å²) in [5.74, 6) is 0.861. The molecule has 0 spiro atoms. The monoisotopic (exact) mass is 322 g/mol. The van der Waals surface area contributed by atoms with Crippen LogP contribution in [0.4, 0.5) is 5.95 Å². The predicted octanol–water partition coefficient (Wildman–Crippen LogP) is 2.97. The number of amides is 1. The Balaban J connectivity index is 1.40. The third kappa shape index (κ3) is 4.19. The van der Waals surface area contributed by atoms with Gasteiger partial charge in [0.1, 0.15) is 0 Å². The second-order valence-electron chi connectivity index (χ2n) is 5.19. The fraction of sp³-hybridized carbons (Fsp3) is 0.167. The molecule has 0 atom stereocenters. The van der Waals surface area contributed by atoms with E-state index in [1.165, 1.54) is 0 Å². The molecule has 1 amide bonds. The van der Waals surface area contributed by atoms with Crippen molar-refractivity contribution in [2.24, 2.45) is 0 Å². The molecule has 2 aromatic carbocycles. The standard InChI is InChI=1S/C18H18N4O2/c23-16(14-8-3-1-4-9-14)19-12-7-13-20-18-21-17(24-22-18)15-10-5-2-6-11-15/h1-6,8-11H,7,12-13H2,(H,19,23)(H,20,22). The van der Waals surface area contributed by atoms with Gasteiger partial charge in [-0.3, -0.25) is 4.79 Å². The smallest absolute Gasteiger partial charge is 0.263 e. The molecule has 3 rings (SSSR count). The van der Waals surface area contributed by atoms with Crippen LogP contribution in [0.15, 0.2) is 65.2 Å². The average Bonchev–Trinajstić information content (AvgIpc) is 3.12. The van der Waals surface area contributed by atoms with Crippen LogP contribution in [0.25, 0.3) is 11.5 Å². The lowest BCUT2D eigenvalue weighted by atomic mass is 10.2. The number of nitrogens with one attached hydrogen (secondary N) is 2. The minimum absolute atomic E-state index is 0.0680. The highest BCUT2D eigenvalue weighted by molar-refractivity contribution is 5.94. The number of aromatic nitrogens is 2. The molecular weight excluding hydrogens is 304 g/mol. The summed E-state index contributed by atoms with van der Waals surface area (Å²) in [5.41, 5.74) is 1.55. The van der Waals surface area contributed by atoms with Crippen LogP contribution in [0.2, 0.25) is 0 Å². The fourth-order valence-corrected chi connectivity index (χ4v) is 2.18. The SMILES string of the molecule is O=C(NCCCNc1noc(-c2ccccc2)n1)c1ccccc1. The largest absolute Gasteiger partial charge is 0.352 e. The van der Waals surface area contributed by atoms with Gasteiger partial charge < -0.3 is 15.2 Å². The normalized spacial score (nSPS) is 10.3. The lowest BCUT2D eigenvalue weighted by Gasteiger charge is -2.05. The number of hydrogen-bond donors (Lipinski definition) is 2. The zero-order chi connectivity index (χ0) is 16.6. The van der Waals surface area contributed by atoms with E-state index in [4.69, 9.17) is 4.52 Å². The highest BCUT2D eigenvalue weighted by Gasteiger charge is 2.07. The van der Waals surface area contributed by atoms with E-state index in [0.29, 0.717) is 30.5 Å². The second kappa shape index (κ2) is 7.92. The average molecular weight is 322 g/mol. The first kappa shape index (κ1) is 15.7. The van der Waals surface area contributed by atoms with E-state index in [9.17, 15) is 4.79 Å². The topological polar surface area (TPSA) is 80.0 Å². The van der Waals surface area contributed by atoms with Gasteiger partial charge in [0.2, 0.25) is 0 Å². The van der Waals surface area contributed by atoms with Crippen molar-refractivity contribution in [2.75, 3.05) is 18.4 Å². The van der Waals surface area contributed by atoms with E-state index in [0.717, 1.165) is 12.0 Å². The highest BCUT2D eigenvalue weighted by Crippen LogP contribution is 2.17. The third-order valence-electron chi connectivity index (χ3n) is 3.40. The van der Waals surface area contributed by atoms with Crippen molar-refractivity contribution in [1.29, 1.82) is 0 Å². The van der Waals surface area contributed by atoms with Crippen molar-refractivity contribution < 1.29 is 9.32 Å². The van der Waals surface area contributed by atoms with Crippen LogP contribution >= 0.6 is 0 Å². The molecular formula is C18H18N4O2. The molecule has 0 radical (unpaired) electrons. The van der Waals surface area contributed by atoms with Gasteiger partial charge in [-0.1, -0.05) is 36.4 Å². The van der Waals surface area contributed by atoms with E-state index < -0.39 is 0 Å². The summed E-state index contributed by atoms with van der Waals surface area (Å²) in [5, 5.41) is 9.84. The van der Waals surface area contributed by atoms with Crippen LogP contribution in [0, 0.1) is 0 Å². The van der Waals surface area contributed by atoms with Crippen molar-refractivity contribution in [3.63, 3.8) is 0 Å². The third-order valence-corrected chi connectivity index (χ3v) is 3.40. The summed E-state index contributed by atoms with van der Waals surface area (Å²) < 4.78 is 5.21. The molecule has 6 nitrogen and oxygen atoms in total. The quantitative estimate of drug-likeness (QED) is 0.654. The van der Waals surface area contributed by atoms with Gasteiger partial charge in [-0.25, -0.2) is 0 Å². The van der Waals surface area contributed by atoms with E-state index in [1.807, 2.05) is 48.5 Å². The van der Waals surface area contributed by atoms with Crippen molar-refractivity contribution in [3.05, 3.63) is 66.2 Å². The molecule has 0 aliphatic heterocycles. The molecule has 0 saturated carbocycles. The van der Waals surface area contributed by atoms with Gasteiger partial charge in [-0.2, -0.15) is 4.98 Å².